The molecule has 0 radical (unpaired) electrons. The van der Waals surface area contributed by atoms with Gasteiger partial charge in [-0.05, 0) is 11.4 Å². The fourth-order valence-corrected chi connectivity index (χ4v) is 1.96. The Kier molecular flexibility index (Phi) is 3.93. The van der Waals surface area contributed by atoms with Crippen LogP contribution in [0.1, 0.15) is 10.5 Å². The molecule has 0 aromatic carbocycles. The zero-order chi connectivity index (χ0) is 13.8. The van der Waals surface area contributed by atoms with E-state index in [1.807, 2.05) is 17.5 Å². The molecule has 8 heteroatoms. The quantitative estimate of drug-likeness (QED) is 0.739. The Hall–Kier alpha value is -2.19. The lowest BCUT2D eigenvalue weighted by molar-refractivity contribution is -0.146. The molecule has 0 saturated carbocycles. The van der Waals surface area contributed by atoms with E-state index in [1.54, 1.807) is 0 Å². The first kappa shape index (κ1) is 13.2. The molecule has 100 valence electrons. The molecule has 3 N–H and O–H groups in total. The molecule has 2 heterocycles. The Labute approximate surface area is 111 Å². The predicted octanol–water partition coefficient (Wildman–Crippen LogP) is 0.578. The van der Waals surface area contributed by atoms with Crippen LogP contribution < -0.4 is 5.32 Å². The van der Waals surface area contributed by atoms with Crippen molar-refractivity contribution >= 4 is 23.2 Å². The third-order valence-electron chi connectivity index (χ3n) is 2.25. The van der Waals surface area contributed by atoms with Crippen molar-refractivity contribution in [3.63, 3.8) is 0 Å². The summed E-state index contributed by atoms with van der Waals surface area (Å²) in [6.07, 6.45) is -1.65. The van der Waals surface area contributed by atoms with Gasteiger partial charge in [-0.1, -0.05) is 11.2 Å². The van der Waals surface area contributed by atoms with Crippen LogP contribution in [0.25, 0.3) is 10.6 Å². The highest BCUT2D eigenvalue weighted by atomic mass is 32.1. The van der Waals surface area contributed by atoms with E-state index < -0.39 is 24.5 Å². The number of carbonyl (C=O) groups excluding carboxylic acids is 1. The van der Waals surface area contributed by atoms with E-state index in [4.69, 9.17) is 14.7 Å². The first-order valence-corrected chi connectivity index (χ1v) is 6.15. The molecule has 0 spiro atoms. The van der Waals surface area contributed by atoms with E-state index in [0.717, 1.165) is 4.88 Å². The molecular weight excluding hydrogens is 272 g/mol. The van der Waals surface area contributed by atoms with Crippen molar-refractivity contribution in [2.24, 2.45) is 0 Å². The number of rotatable bonds is 5. The van der Waals surface area contributed by atoms with Crippen molar-refractivity contribution in [2.75, 3.05) is 6.54 Å². The summed E-state index contributed by atoms with van der Waals surface area (Å²) in [6, 6.07) is 5.11. The molecule has 0 fully saturated rings. The predicted molar refractivity (Wildman–Crippen MR) is 65.8 cm³/mol. The lowest BCUT2D eigenvalue weighted by Crippen LogP contribution is -2.36. The average Bonchev–Trinajstić information content (AvgIpc) is 3.04. The summed E-state index contributed by atoms with van der Waals surface area (Å²) in [6.45, 7) is -0.393. The van der Waals surface area contributed by atoms with E-state index in [1.165, 1.54) is 17.4 Å². The van der Waals surface area contributed by atoms with Gasteiger partial charge in [-0.15, -0.1) is 11.3 Å². The van der Waals surface area contributed by atoms with Crippen molar-refractivity contribution in [1.29, 1.82) is 0 Å². The summed E-state index contributed by atoms with van der Waals surface area (Å²) in [7, 11) is 0. The maximum absolute atomic E-state index is 11.6. The van der Waals surface area contributed by atoms with Gasteiger partial charge in [-0.2, -0.15) is 0 Å². The van der Waals surface area contributed by atoms with Crippen LogP contribution >= 0.6 is 11.3 Å². The first-order valence-electron chi connectivity index (χ1n) is 5.27. The molecule has 0 unspecified atom stereocenters. The number of hydrogen-bond acceptors (Lipinski definition) is 6. The second-order valence-electron chi connectivity index (χ2n) is 3.62. The molecular formula is C11H10N2O5S. The number of carboxylic acid groups (broad SMARTS) is 1. The number of nitrogens with zero attached hydrogens (tertiary/aromatic N) is 1. The van der Waals surface area contributed by atoms with Gasteiger partial charge in [0.2, 0.25) is 0 Å². The second kappa shape index (κ2) is 5.63. The minimum Gasteiger partial charge on any atom is -0.479 e. The third kappa shape index (κ3) is 3.18. The van der Waals surface area contributed by atoms with Gasteiger partial charge < -0.3 is 20.1 Å². The zero-order valence-corrected chi connectivity index (χ0v) is 10.4. The van der Waals surface area contributed by atoms with Gasteiger partial charge in [0, 0.05) is 6.07 Å². The molecule has 2 aromatic heterocycles. The second-order valence-corrected chi connectivity index (χ2v) is 4.57. The van der Waals surface area contributed by atoms with Crippen molar-refractivity contribution in [3.8, 4) is 10.6 Å². The number of aliphatic hydroxyl groups excluding tert-OH is 1. The summed E-state index contributed by atoms with van der Waals surface area (Å²) >= 11 is 1.44. The molecule has 0 aliphatic heterocycles. The van der Waals surface area contributed by atoms with Crippen molar-refractivity contribution in [3.05, 3.63) is 29.3 Å². The average molecular weight is 282 g/mol. The van der Waals surface area contributed by atoms with Gasteiger partial charge in [0.25, 0.3) is 5.91 Å². The number of carboxylic acids is 1. The number of hydrogen-bond donors (Lipinski definition) is 3. The topological polar surface area (TPSA) is 113 Å². The number of aliphatic hydroxyl groups is 1. The molecule has 0 saturated heterocycles. The monoisotopic (exact) mass is 282 g/mol. The van der Waals surface area contributed by atoms with Crippen LogP contribution in [0.15, 0.2) is 28.1 Å². The number of carbonyl (C=O) groups is 2. The van der Waals surface area contributed by atoms with E-state index in [0.29, 0.717) is 5.76 Å². The molecule has 0 bridgehead atoms. The van der Waals surface area contributed by atoms with Crippen LogP contribution in [0, 0.1) is 0 Å². The highest BCUT2D eigenvalue weighted by Gasteiger charge is 2.18. The Balaban J connectivity index is 1.99. The van der Waals surface area contributed by atoms with E-state index in [9.17, 15) is 9.59 Å². The number of thiophene rings is 1. The number of amides is 1. The summed E-state index contributed by atoms with van der Waals surface area (Å²) in [5, 5.41) is 25.2. The summed E-state index contributed by atoms with van der Waals surface area (Å²) in [5.41, 5.74) is 0.0287. The lowest BCUT2D eigenvalue weighted by atomic mass is 10.3. The minimum atomic E-state index is -1.65. The molecule has 19 heavy (non-hydrogen) atoms. The molecule has 1 amide bonds. The van der Waals surface area contributed by atoms with Gasteiger partial charge >= 0.3 is 5.97 Å². The zero-order valence-electron chi connectivity index (χ0n) is 9.57. The number of aliphatic carboxylic acids is 1. The fraction of sp³-hybridized carbons (Fsp3) is 0.182. The Morgan fingerprint density at radius 1 is 1.53 bits per heavy atom. The highest BCUT2D eigenvalue weighted by Crippen LogP contribution is 2.24. The summed E-state index contributed by atoms with van der Waals surface area (Å²) in [5.74, 6) is -1.55. The molecule has 1 atom stereocenters. The van der Waals surface area contributed by atoms with Crippen LogP contribution in [-0.2, 0) is 4.79 Å². The van der Waals surface area contributed by atoms with E-state index >= 15 is 0 Å². The maximum Gasteiger partial charge on any atom is 0.334 e. The van der Waals surface area contributed by atoms with Gasteiger partial charge in [0.05, 0.1) is 11.4 Å². The molecule has 2 aromatic rings. The molecule has 7 nitrogen and oxygen atoms in total. The lowest BCUT2D eigenvalue weighted by Gasteiger charge is -2.05. The minimum absolute atomic E-state index is 0.0287. The Bertz CT molecular complexity index is 578. The highest BCUT2D eigenvalue weighted by molar-refractivity contribution is 7.13. The molecule has 2 rings (SSSR count). The standard InChI is InChI=1S/C11H10N2O5S/c14-7(11(16)17)5-12-10(15)6-4-8(18-13-6)9-2-1-3-19-9/h1-4,7,14H,5H2,(H,12,15)(H,16,17)/t7-/m0/s1. The summed E-state index contributed by atoms with van der Waals surface area (Å²) < 4.78 is 5.01. The van der Waals surface area contributed by atoms with Crippen LogP contribution in [0.4, 0.5) is 0 Å². The normalized spacial score (nSPS) is 12.1. The number of nitrogens with one attached hydrogen (secondary N) is 1. The molecule has 0 aliphatic rings. The first-order chi connectivity index (χ1) is 9.08. The van der Waals surface area contributed by atoms with Crippen molar-refractivity contribution in [2.45, 2.75) is 6.10 Å². The molecule has 0 aliphatic carbocycles. The maximum atomic E-state index is 11.6. The van der Waals surface area contributed by atoms with Crippen molar-refractivity contribution < 1.29 is 24.3 Å². The fourth-order valence-electron chi connectivity index (χ4n) is 1.28. The van der Waals surface area contributed by atoms with Crippen molar-refractivity contribution in [1.82, 2.24) is 10.5 Å². The largest absolute Gasteiger partial charge is 0.479 e. The smallest absolute Gasteiger partial charge is 0.334 e. The van der Waals surface area contributed by atoms with Gasteiger partial charge in [0.15, 0.2) is 17.6 Å². The van der Waals surface area contributed by atoms with Crippen LogP contribution in [0.3, 0.4) is 0 Å². The number of aromatic nitrogens is 1. The SMILES string of the molecule is O=C(NC[C@H](O)C(=O)O)c1cc(-c2cccs2)on1. The van der Waals surface area contributed by atoms with Crippen LogP contribution in [-0.4, -0.2) is 39.9 Å². The van der Waals surface area contributed by atoms with Gasteiger partial charge in [0.1, 0.15) is 0 Å². The van der Waals surface area contributed by atoms with Crippen LogP contribution in [0.5, 0.6) is 0 Å². The van der Waals surface area contributed by atoms with Gasteiger partial charge in [-0.3, -0.25) is 4.79 Å². The van der Waals surface area contributed by atoms with E-state index in [2.05, 4.69) is 10.5 Å². The van der Waals surface area contributed by atoms with Crippen LogP contribution in [0.2, 0.25) is 0 Å². The summed E-state index contributed by atoms with van der Waals surface area (Å²) in [4.78, 5) is 22.8. The third-order valence-corrected chi connectivity index (χ3v) is 3.13. The van der Waals surface area contributed by atoms with E-state index in [-0.39, 0.29) is 5.69 Å². The Morgan fingerprint density at radius 3 is 2.95 bits per heavy atom. The Morgan fingerprint density at radius 2 is 2.32 bits per heavy atom. The van der Waals surface area contributed by atoms with Gasteiger partial charge in [-0.25, -0.2) is 4.79 Å².